The van der Waals surface area contributed by atoms with E-state index in [4.69, 9.17) is 10.8 Å². The number of benzene rings is 1. The van der Waals surface area contributed by atoms with Crippen molar-refractivity contribution in [2.45, 2.75) is 27.2 Å². The summed E-state index contributed by atoms with van der Waals surface area (Å²) in [5.74, 6) is -1.35. The minimum atomic E-state index is -3.75. The number of carboxylic acids is 1. The van der Waals surface area contributed by atoms with Crippen LogP contribution in [0.1, 0.15) is 27.2 Å². The standard InChI is InChI=1S/C14H22N2O4S/c1-14(2,3)8-9-21(19,20)16(10-13(17)18)12-7-5-4-6-11(12)15/h4-7H,8-10,15H2,1-3H3,(H,17,18). The average molecular weight is 314 g/mol. The van der Waals surface area contributed by atoms with Gasteiger partial charge in [-0.3, -0.25) is 9.10 Å². The second-order valence-electron chi connectivity index (χ2n) is 6.09. The van der Waals surface area contributed by atoms with Gasteiger partial charge in [0.15, 0.2) is 0 Å². The van der Waals surface area contributed by atoms with E-state index >= 15 is 0 Å². The van der Waals surface area contributed by atoms with Crippen molar-refractivity contribution in [3.8, 4) is 0 Å². The quantitative estimate of drug-likeness (QED) is 0.781. The summed E-state index contributed by atoms with van der Waals surface area (Å²) in [6.45, 7) is 5.16. The van der Waals surface area contributed by atoms with Gasteiger partial charge in [-0.2, -0.15) is 0 Å². The molecule has 6 nitrogen and oxygen atoms in total. The van der Waals surface area contributed by atoms with Gasteiger partial charge in [0.2, 0.25) is 10.0 Å². The molecule has 1 aromatic carbocycles. The topological polar surface area (TPSA) is 101 Å². The molecule has 1 rings (SSSR count). The van der Waals surface area contributed by atoms with Gasteiger partial charge in [0.05, 0.1) is 17.1 Å². The Morgan fingerprint density at radius 3 is 2.33 bits per heavy atom. The lowest BCUT2D eigenvalue weighted by molar-refractivity contribution is -0.135. The monoisotopic (exact) mass is 314 g/mol. The number of carboxylic acid groups (broad SMARTS) is 1. The van der Waals surface area contributed by atoms with Gasteiger partial charge in [-0.05, 0) is 24.0 Å². The minimum Gasteiger partial charge on any atom is -0.480 e. The summed E-state index contributed by atoms with van der Waals surface area (Å²) in [6, 6.07) is 6.34. The first kappa shape index (κ1) is 17.3. The molecule has 0 fully saturated rings. The lowest BCUT2D eigenvalue weighted by atomic mass is 9.94. The number of rotatable bonds is 6. The van der Waals surface area contributed by atoms with Gasteiger partial charge in [-0.25, -0.2) is 8.42 Å². The van der Waals surface area contributed by atoms with Gasteiger partial charge < -0.3 is 10.8 Å². The Morgan fingerprint density at radius 1 is 1.29 bits per heavy atom. The number of aliphatic carboxylic acids is 1. The van der Waals surface area contributed by atoms with Crippen molar-refractivity contribution in [1.29, 1.82) is 0 Å². The van der Waals surface area contributed by atoms with E-state index in [1.54, 1.807) is 18.2 Å². The van der Waals surface area contributed by atoms with E-state index in [0.717, 1.165) is 4.31 Å². The predicted molar refractivity (Wildman–Crippen MR) is 83.7 cm³/mol. The summed E-state index contributed by atoms with van der Waals surface area (Å²) < 4.78 is 25.8. The van der Waals surface area contributed by atoms with Crippen molar-refractivity contribution in [3.63, 3.8) is 0 Å². The smallest absolute Gasteiger partial charge is 0.324 e. The molecular weight excluding hydrogens is 292 g/mol. The molecule has 0 radical (unpaired) electrons. The summed E-state index contributed by atoms with van der Waals surface area (Å²) in [5.41, 5.74) is 6.05. The number of nitrogens with zero attached hydrogens (tertiary/aromatic N) is 1. The SMILES string of the molecule is CC(C)(C)CCS(=O)(=O)N(CC(=O)O)c1ccccc1N. The van der Waals surface area contributed by atoms with Gasteiger partial charge >= 0.3 is 5.97 Å². The number of hydrogen-bond acceptors (Lipinski definition) is 4. The summed E-state index contributed by atoms with van der Waals surface area (Å²) in [6.07, 6.45) is 0.429. The first-order valence-electron chi connectivity index (χ1n) is 6.60. The Balaban J connectivity index is 3.14. The zero-order valence-corrected chi connectivity index (χ0v) is 13.4. The lowest BCUT2D eigenvalue weighted by Gasteiger charge is -2.26. The average Bonchev–Trinajstić information content (AvgIpc) is 2.34. The van der Waals surface area contributed by atoms with E-state index in [0.29, 0.717) is 6.42 Å². The molecule has 0 unspecified atom stereocenters. The number of nitrogen functional groups attached to an aromatic ring is 1. The molecular formula is C14H22N2O4S. The number of nitrogens with two attached hydrogens (primary N) is 1. The van der Waals surface area contributed by atoms with Crippen LogP contribution >= 0.6 is 0 Å². The van der Waals surface area contributed by atoms with Crippen LogP contribution in [0.15, 0.2) is 24.3 Å². The Kier molecular flexibility index (Phi) is 5.22. The van der Waals surface area contributed by atoms with Crippen LogP contribution in [0, 0.1) is 5.41 Å². The van der Waals surface area contributed by atoms with Gasteiger partial charge in [0.25, 0.3) is 0 Å². The van der Waals surface area contributed by atoms with E-state index in [-0.39, 0.29) is 22.5 Å². The Morgan fingerprint density at radius 2 is 1.86 bits per heavy atom. The number of para-hydroxylation sites is 2. The van der Waals surface area contributed by atoms with Crippen LogP contribution in [-0.4, -0.2) is 31.8 Å². The van der Waals surface area contributed by atoms with Crippen molar-refractivity contribution < 1.29 is 18.3 Å². The van der Waals surface area contributed by atoms with Crippen LogP contribution in [0.2, 0.25) is 0 Å². The van der Waals surface area contributed by atoms with Gasteiger partial charge in [-0.15, -0.1) is 0 Å². The fourth-order valence-corrected chi connectivity index (χ4v) is 3.58. The normalized spacial score (nSPS) is 12.1. The minimum absolute atomic E-state index is 0.127. The first-order chi connectivity index (χ1) is 9.53. The Hall–Kier alpha value is -1.76. The van der Waals surface area contributed by atoms with E-state index in [2.05, 4.69) is 0 Å². The Bertz CT molecular complexity index is 606. The highest BCUT2D eigenvalue weighted by Gasteiger charge is 2.27. The molecule has 0 atom stereocenters. The molecule has 0 saturated carbocycles. The van der Waals surface area contributed by atoms with Crippen molar-refractivity contribution in [2.24, 2.45) is 5.41 Å². The van der Waals surface area contributed by atoms with E-state index in [1.807, 2.05) is 20.8 Å². The van der Waals surface area contributed by atoms with E-state index in [9.17, 15) is 13.2 Å². The van der Waals surface area contributed by atoms with Crippen LogP contribution in [0.3, 0.4) is 0 Å². The van der Waals surface area contributed by atoms with E-state index < -0.39 is 22.5 Å². The molecule has 0 aliphatic rings. The van der Waals surface area contributed by atoms with Crippen molar-refractivity contribution in [2.75, 3.05) is 22.3 Å². The molecule has 0 saturated heterocycles. The fourth-order valence-electron chi connectivity index (χ4n) is 1.72. The number of hydrogen-bond donors (Lipinski definition) is 2. The van der Waals surface area contributed by atoms with Crippen molar-refractivity contribution in [1.82, 2.24) is 0 Å². The second kappa shape index (κ2) is 6.34. The molecule has 0 aliphatic carbocycles. The third-order valence-corrected chi connectivity index (χ3v) is 4.65. The number of carbonyl (C=O) groups is 1. The highest BCUT2D eigenvalue weighted by molar-refractivity contribution is 7.92. The van der Waals surface area contributed by atoms with Gasteiger partial charge in [0, 0.05) is 0 Å². The first-order valence-corrected chi connectivity index (χ1v) is 8.20. The third kappa shape index (κ3) is 5.26. The van der Waals surface area contributed by atoms with Crippen LogP contribution in [0.5, 0.6) is 0 Å². The van der Waals surface area contributed by atoms with Crippen molar-refractivity contribution >= 4 is 27.4 Å². The number of anilines is 2. The van der Waals surface area contributed by atoms with Crippen LogP contribution < -0.4 is 10.0 Å². The third-order valence-electron chi connectivity index (χ3n) is 2.93. The molecule has 1 aromatic rings. The molecule has 0 heterocycles. The molecule has 0 aromatic heterocycles. The van der Waals surface area contributed by atoms with Crippen LogP contribution in [-0.2, 0) is 14.8 Å². The zero-order chi connectivity index (χ0) is 16.3. The highest BCUT2D eigenvalue weighted by Crippen LogP contribution is 2.27. The maximum atomic E-state index is 12.5. The summed E-state index contributed by atoms with van der Waals surface area (Å²) >= 11 is 0. The fraction of sp³-hybridized carbons (Fsp3) is 0.500. The molecule has 0 aliphatic heterocycles. The number of sulfonamides is 1. The molecule has 3 N–H and O–H groups in total. The molecule has 0 spiro atoms. The summed E-state index contributed by atoms with van der Waals surface area (Å²) in [7, 11) is -3.75. The van der Waals surface area contributed by atoms with Crippen LogP contribution in [0.25, 0.3) is 0 Å². The summed E-state index contributed by atoms with van der Waals surface area (Å²) in [4.78, 5) is 11.0. The molecule has 21 heavy (non-hydrogen) atoms. The van der Waals surface area contributed by atoms with E-state index in [1.165, 1.54) is 6.07 Å². The molecule has 0 amide bonds. The maximum Gasteiger partial charge on any atom is 0.324 e. The molecule has 7 heteroatoms. The largest absolute Gasteiger partial charge is 0.480 e. The Labute approximate surface area is 125 Å². The zero-order valence-electron chi connectivity index (χ0n) is 12.5. The second-order valence-corrected chi connectivity index (χ2v) is 8.10. The lowest BCUT2D eigenvalue weighted by Crippen LogP contribution is -2.38. The maximum absolute atomic E-state index is 12.5. The molecule has 118 valence electrons. The predicted octanol–water partition coefficient (Wildman–Crippen LogP) is 1.93. The highest BCUT2D eigenvalue weighted by atomic mass is 32.2. The van der Waals surface area contributed by atoms with Gasteiger partial charge in [-0.1, -0.05) is 32.9 Å². The van der Waals surface area contributed by atoms with Crippen molar-refractivity contribution in [3.05, 3.63) is 24.3 Å². The van der Waals surface area contributed by atoms with Gasteiger partial charge in [0.1, 0.15) is 6.54 Å². The van der Waals surface area contributed by atoms with Crippen LogP contribution in [0.4, 0.5) is 11.4 Å². The summed E-state index contributed by atoms with van der Waals surface area (Å²) in [5, 5.41) is 8.98. The molecule has 0 bridgehead atoms.